The minimum absolute atomic E-state index is 0.201. The molecule has 1 atom stereocenters. The fourth-order valence-electron chi connectivity index (χ4n) is 2.92. The molecule has 2 saturated carbocycles. The Morgan fingerprint density at radius 2 is 1.75 bits per heavy atom. The molecule has 0 spiro atoms. The molecule has 2 aliphatic rings. The van der Waals surface area contributed by atoms with E-state index >= 15 is 0 Å². The molecule has 20 heavy (non-hydrogen) atoms. The molecule has 0 aromatic heterocycles. The lowest BCUT2D eigenvalue weighted by atomic mass is 9.97. The average molecular weight is 338 g/mol. The molecule has 1 N–H and O–H groups in total. The second-order valence-corrected chi connectivity index (χ2v) is 7.03. The smallest absolute Gasteiger partial charge is 0.0953 e. The van der Waals surface area contributed by atoms with Crippen molar-refractivity contribution < 1.29 is 4.74 Å². The summed E-state index contributed by atoms with van der Waals surface area (Å²) in [7, 11) is 0. The first-order chi connectivity index (χ1) is 9.81. The van der Waals surface area contributed by atoms with E-state index in [2.05, 4.69) is 45.5 Å². The summed E-state index contributed by atoms with van der Waals surface area (Å²) in [6.45, 7) is 0.947. The third-order valence-corrected chi connectivity index (χ3v) is 4.85. The highest BCUT2D eigenvalue weighted by molar-refractivity contribution is 9.10. The van der Waals surface area contributed by atoms with Gasteiger partial charge < -0.3 is 10.1 Å². The van der Waals surface area contributed by atoms with Gasteiger partial charge in [0.1, 0.15) is 0 Å². The maximum atomic E-state index is 6.42. The van der Waals surface area contributed by atoms with E-state index in [1.54, 1.807) is 0 Å². The second kappa shape index (κ2) is 7.06. The van der Waals surface area contributed by atoms with Gasteiger partial charge in [-0.2, -0.15) is 0 Å². The van der Waals surface area contributed by atoms with Crippen molar-refractivity contribution in [3.63, 3.8) is 0 Å². The highest BCUT2D eigenvalue weighted by Crippen LogP contribution is 2.28. The molecule has 0 aliphatic heterocycles. The number of hydrogen-bond acceptors (Lipinski definition) is 2. The van der Waals surface area contributed by atoms with Crippen LogP contribution in [0.2, 0.25) is 0 Å². The molecule has 1 aromatic carbocycles. The van der Waals surface area contributed by atoms with E-state index in [0.29, 0.717) is 6.10 Å². The van der Waals surface area contributed by atoms with E-state index < -0.39 is 0 Å². The van der Waals surface area contributed by atoms with Gasteiger partial charge in [-0.3, -0.25) is 0 Å². The van der Waals surface area contributed by atoms with Gasteiger partial charge >= 0.3 is 0 Å². The van der Waals surface area contributed by atoms with Crippen LogP contribution in [-0.2, 0) is 4.74 Å². The Labute approximate surface area is 130 Å². The maximum absolute atomic E-state index is 6.42. The van der Waals surface area contributed by atoms with E-state index in [0.717, 1.165) is 17.1 Å². The van der Waals surface area contributed by atoms with Gasteiger partial charge in [-0.25, -0.2) is 0 Å². The van der Waals surface area contributed by atoms with E-state index in [4.69, 9.17) is 4.74 Å². The van der Waals surface area contributed by atoms with Crippen molar-refractivity contribution in [1.82, 2.24) is 5.32 Å². The van der Waals surface area contributed by atoms with Crippen LogP contribution in [0.15, 0.2) is 28.7 Å². The number of nitrogens with one attached hydrogen (secondary N) is 1. The summed E-state index contributed by atoms with van der Waals surface area (Å²) in [5, 5.41) is 3.62. The molecule has 3 rings (SSSR count). The molecule has 110 valence electrons. The number of hydrogen-bond donors (Lipinski definition) is 1. The summed E-state index contributed by atoms with van der Waals surface area (Å²) < 4.78 is 7.55. The predicted octanol–water partition coefficient (Wildman–Crippen LogP) is 4.59. The average Bonchev–Trinajstić information content (AvgIpc) is 3.30. The first-order valence-electron chi connectivity index (χ1n) is 7.95. The Morgan fingerprint density at radius 3 is 2.40 bits per heavy atom. The molecular formula is C17H24BrNO. The highest BCUT2D eigenvalue weighted by Gasteiger charge is 2.25. The van der Waals surface area contributed by atoms with Crippen molar-refractivity contribution in [3.8, 4) is 0 Å². The number of halogens is 1. The molecule has 1 aromatic rings. The highest BCUT2D eigenvalue weighted by atomic mass is 79.9. The third kappa shape index (κ3) is 4.31. The lowest BCUT2D eigenvalue weighted by Crippen LogP contribution is -2.29. The Balaban J connectivity index is 1.63. The quantitative estimate of drug-likeness (QED) is 0.819. The van der Waals surface area contributed by atoms with Gasteiger partial charge in [-0.15, -0.1) is 0 Å². The Morgan fingerprint density at radius 1 is 1.05 bits per heavy atom. The molecule has 0 bridgehead atoms. The molecular weight excluding hydrogens is 314 g/mol. The SMILES string of the molecule is Brc1ccc(C(CNC2CC2)OC2CCCCC2)cc1. The van der Waals surface area contributed by atoms with Crippen LogP contribution in [0.4, 0.5) is 0 Å². The number of ether oxygens (including phenoxy) is 1. The van der Waals surface area contributed by atoms with Crippen molar-refractivity contribution in [3.05, 3.63) is 34.3 Å². The Bertz CT molecular complexity index is 410. The Kier molecular flexibility index (Phi) is 5.14. The summed E-state index contributed by atoms with van der Waals surface area (Å²) in [5.41, 5.74) is 1.30. The van der Waals surface area contributed by atoms with E-state index in [9.17, 15) is 0 Å². The van der Waals surface area contributed by atoms with Crippen LogP contribution in [-0.4, -0.2) is 18.7 Å². The maximum Gasteiger partial charge on any atom is 0.0953 e. The van der Waals surface area contributed by atoms with Crippen LogP contribution < -0.4 is 5.32 Å². The monoisotopic (exact) mass is 337 g/mol. The summed E-state index contributed by atoms with van der Waals surface area (Å²) in [4.78, 5) is 0. The molecule has 0 amide bonds. The molecule has 1 unspecified atom stereocenters. The minimum atomic E-state index is 0.201. The lowest BCUT2D eigenvalue weighted by Gasteiger charge is -2.28. The fraction of sp³-hybridized carbons (Fsp3) is 0.647. The fourth-order valence-corrected chi connectivity index (χ4v) is 3.18. The van der Waals surface area contributed by atoms with Crippen LogP contribution in [0.5, 0.6) is 0 Å². The van der Waals surface area contributed by atoms with E-state index in [1.165, 1.54) is 50.5 Å². The summed E-state index contributed by atoms with van der Waals surface area (Å²) in [6, 6.07) is 9.34. The molecule has 0 heterocycles. The van der Waals surface area contributed by atoms with Crippen molar-refractivity contribution in [2.75, 3.05) is 6.54 Å². The van der Waals surface area contributed by atoms with Gasteiger partial charge in [0.15, 0.2) is 0 Å². The van der Waals surface area contributed by atoms with Gasteiger partial charge in [0, 0.05) is 17.1 Å². The molecule has 2 nitrogen and oxygen atoms in total. The van der Waals surface area contributed by atoms with Crippen LogP contribution in [0.25, 0.3) is 0 Å². The molecule has 2 fully saturated rings. The van der Waals surface area contributed by atoms with Crippen LogP contribution in [0, 0.1) is 0 Å². The zero-order valence-corrected chi connectivity index (χ0v) is 13.6. The van der Waals surface area contributed by atoms with Gasteiger partial charge in [-0.05, 0) is 43.4 Å². The lowest BCUT2D eigenvalue weighted by molar-refractivity contribution is -0.0307. The number of benzene rings is 1. The number of rotatable bonds is 6. The zero-order chi connectivity index (χ0) is 13.8. The standard InChI is InChI=1S/C17H24BrNO/c18-14-8-6-13(7-9-14)17(12-19-15-10-11-15)20-16-4-2-1-3-5-16/h6-9,15-17,19H,1-5,10-12H2. The van der Waals surface area contributed by atoms with Crippen molar-refractivity contribution in [2.24, 2.45) is 0 Å². The van der Waals surface area contributed by atoms with E-state index in [1.807, 2.05) is 0 Å². The first kappa shape index (κ1) is 14.6. The predicted molar refractivity (Wildman–Crippen MR) is 85.9 cm³/mol. The van der Waals surface area contributed by atoms with Crippen LogP contribution in [0.3, 0.4) is 0 Å². The third-order valence-electron chi connectivity index (χ3n) is 4.32. The van der Waals surface area contributed by atoms with Crippen LogP contribution >= 0.6 is 15.9 Å². The van der Waals surface area contributed by atoms with E-state index in [-0.39, 0.29) is 6.10 Å². The summed E-state index contributed by atoms with van der Waals surface area (Å²) >= 11 is 3.51. The van der Waals surface area contributed by atoms with Crippen LogP contribution in [0.1, 0.15) is 56.6 Å². The molecule has 3 heteroatoms. The summed E-state index contributed by atoms with van der Waals surface area (Å²) in [6.07, 6.45) is 9.81. The first-order valence-corrected chi connectivity index (χ1v) is 8.75. The minimum Gasteiger partial charge on any atom is -0.369 e. The van der Waals surface area contributed by atoms with Crippen molar-refractivity contribution in [1.29, 1.82) is 0 Å². The molecule has 0 radical (unpaired) electrons. The normalized spacial score (nSPS) is 21.9. The van der Waals surface area contributed by atoms with Crippen molar-refractivity contribution >= 4 is 15.9 Å². The molecule has 0 saturated heterocycles. The van der Waals surface area contributed by atoms with Gasteiger partial charge in [0.05, 0.1) is 12.2 Å². The largest absolute Gasteiger partial charge is 0.369 e. The second-order valence-electron chi connectivity index (χ2n) is 6.12. The summed E-state index contributed by atoms with van der Waals surface area (Å²) in [5.74, 6) is 0. The topological polar surface area (TPSA) is 21.3 Å². The van der Waals surface area contributed by atoms with Gasteiger partial charge in [-0.1, -0.05) is 47.3 Å². The Hall–Kier alpha value is -0.380. The van der Waals surface area contributed by atoms with Gasteiger partial charge in [0.25, 0.3) is 0 Å². The van der Waals surface area contributed by atoms with Gasteiger partial charge in [0.2, 0.25) is 0 Å². The zero-order valence-electron chi connectivity index (χ0n) is 12.0. The van der Waals surface area contributed by atoms with Crippen molar-refractivity contribution in [2.45, 2.75) is 63.2 Å². The molecule has 2 aliphatic carbocycles.